The van der Waals surface area contributed by atoms with Crippen LogP contribution in [0.5, 0.6) is 0 Å². The molecule has 5 nitrogen and oxygen atoms in total. The van der Waals surface area contributed by atoms with E-state index in [1.165, 1.54) is 12.1 Å². The van der Waals surface area contributed by atoms with Gasteiger partial charge in [0.05, 0.1) is 17.0 Å². The highest BCUT2D eigenvalue weighted by atomic mass is 19.4. The minimum Gasteiger partial charge on any atom is -0.385 e. The van der Waals surface area contributed by atoms with Crippen molar-refractivity contribution in [2.45, 2.75) is 19.5 Å². The molecule has 0 saturated carbocycles. The van der Waals surface area contributed by atoms with Gasteiger partial charge in [0.2, 0.25) is 5.91 Å². The lowest BCUT2D eigenvalue weighted by Crippen LogP contribution is -2.54. The van der Waals surface area contributed by atoms with Crippen molar-refractivity contribution >= 4 is 22.5 Å². The number of hydrogen-bond acceptors (Lipinski definition) is 3. The van der Waals surface area contributed by atoms with Crippen molar-refractivity contribution in [1.82, 2.24) is 9.88 Å². The van der Waals surface area contributed by atoms with Crippen LogP contribution in [0.2, 0.25) is 0 Å². The van der Waals surface area contributed by atoms with Crippen LogP contribution in [0.4, 0.5) is 18.9 Å². The minimum atomic E-state index is -4.37. The smallest absolute Gasteiger partial charge is 0.385 e. The molecule has 1 fully saturated rings. The number of halogens is 3. The van der Waals surface area contributed by atoms with Crippen LogP contribution in [0.25, 0.3) is 16.6 Å². The summed E-state index contributed by atoms with van der Waals surface area (Å²) in [7, 11) is 1.64. The molecule has 2 aromatic carbocycles. The summed E-state index contributed by atoms with van der Waals surface area (Å²) in [5.41, 5.74) is 2.71. The van der Waals surface area contributed by atoms with E-state index in [0.717, 1.165) is 34.9 Å². The number of anilines is 1. The average molecular weight is 445 g/mol. The van der Waals surface area contributed by atoms with E-state index in [0.29, 0.717) is 31.6 Å². The van der Waals surface area contributed by atoms with E-state index in [4.69, 9.17) is 4.74 Å². The number of methoxy groups -OCH3 is 1. The number of hydrogen-bond donors (Lipinski definition) is 1. The van der Waals surface area contributed by atoms with Crippen molar-refractivity contribution < 1.29 is 22.7 Å². The molecule has 1 aromatic heterocycles. The number of nitrogens with one attached hydrogen (secondary N) is 1. The molecule has 32 heavy (non-hydrogen) atoms. The van der Waals surface area contributed by atoms with Gasteiger partial charge in [0, 0.05) is 56.3 Å². The predicted molar refractivity (Wildman–Crippen MR) is 118 cm³/mol. The molecular weight excluding hydrogens is 419 g/mol. The molecule has 0 spiro atoms. The fourth-order valence-electron chi connectivity index (χ4n) is 4.05. The van der Waals surface area contributed by atoms with Gasteiger partial charge in [0.15, 0.2) is 0 Å². The Morgan fingerprint density at radius 3 is 2.62 bits per heavy atom. The first kappa shape index (κ1) is 22.2. The van der Waals surface area contributed by atoms with Crippen molar-refractivity contribution in [1.29, 1.82) is 0 Å². The maximum Gasteiger partial charge on any atom is 0.416 e. The zero-order chi connectivity index (χ0) is 22.9. The zero-order valence-corrected chi connectivity index (χ0v) is 18.1. The third-order valence-electron chi connectivity index (χ3n) is 5.88. The molecule has 1 N–H and O–H groups in total. The highest BCUT2D eigenvalue weighted by molar-refractivity contribution is 5.86. The minimum absolute atomic E-state index is 0.0448. The molecule has 1 aliphatic heterocycles. The number of benzene rings is 2. The van der Waals surface area contributed by atoms with Crippen molar-refractivity contribution in [3.05, 3.63) is 59.8 Å². The molecule has 0 unspecified atom stereocenters. The maximum absolute atomic E-state index is 13.1. The van der Waals surface area contributed by atoms with Crippen LogP contribution >= 0.6 is 0 Å². The van der Waals surface area contributed by atoms with E-state index < -0.39 is 11.7 Å². The Labute approximate surface area is 184 Å². The topological polar surface area (TPSA) is 46.5 Å². The second-order valence-corrected chi connectivity index (χ2v) is 8.17. The Morgan fingerprint density at radius 1 is 1.16 bits per heavy atom. The monoisotopic (exact) mass is 445 g/mol. The third kappa shape index (κ3) is 4.46. The number of aryl methyl sites for hydroxylation is 1. The van der Waals surface area contributed by atoms with Crippen LogP contribution in [-0.4, -0.2) is 43.8 Å². The van der Waals surface area contributed by atoms with Crippen molar-refractivity contribution in [3.63, 3.8) is 0 Å². The van der Waals surface area contributed by atoms with Gasteiger partial charge in [0.25, 0.3) is 0 Å². The van der Waals surface area contributed by atoms with Crippen LogP contribution < -0.4 is 10.2 Å². The SMILES string of the molecule is COCCCNC(=O)C1CN(c2cccc(-n3cc(C)c4cc(C(F)(F)F)ccc43)c2)C1. The molecule has 170 valence electrons. The first-order valence-electron chi connectivity index (χ1n) is 10.6. The van der Waals surface area contributed by atoms with Gasteiger partial charge in [-0.2, -0.15) is 13.2 Å². The Balaban J connectivity index is 1.49. The average Bonchev–Trinajstić information content (AvgIpc) is 3.06. The predicted octanol–water partition coefficient (Wildman–Crippen LogP) is 4.55. The molecule has 1 aliphatic rings. The highest BCUT2D eigenvalue weighted by Gasteiger charge is 2.33. The van der Waals surface area contributed by atoms with Gasteiger partial charge in [-0.15, -0.1) is 0 Å². The summed E-state index contributed by atoms with van der Waals surface area (Å²) in [5.74, 6) is 0.0117. The second-order valence-electron chi connectivity index (χ2n) is 8.17. The Bertz CT molecular complexity index is 1120. The molecule has 1 amide bonds. The normalized spacial score (nSPS) is 14.6. The number of aromatic nitrogens is 1. The van der Waals surface area contributed by atoms with Crippen LogP contribution in [0.15, 0.2) is 48.7 Å². The molecule has 2 heterocycles. The molecule has 4 rings (SSSR count). The number of carbonyl (C=O) groups excluding carboxylic acids is 1. The largest absolute Gasteiger partial charge is 0.416 e. The molecule has 1 saturated heterocycles. The number of ether oxygens (including phenoxy) is 1. The summed E-state index contributed by atoms with van der Waals surface area (Å²) < 4.78 is 46.2. The van der Waals surface area contributed by atoms with E-state index >= 15 is 0 Å². The number of rotatable bonds is 7. The van der Waals surface area contributed by atoms with Crippen molar-refractivity contribution in [2.24, 2.45) is 5.92 Å². The lowest BCUT2D eigenvalue weighted by Gasteiger charge is -2.40. The molecular formula is C24H26F3N3O2. The van der Waals surface area contributed by atoms with E-state index in [-0.39, 0.29) is 11.8 Å². The first-order valence-corrected chi connectivity index (χ1v) is 10.6. The molecule has 0 bridgehead atoms. The van der Waals surface area contributed by atoms with E-state index in [1.807, 2.05) is 42.0 Å². The number of amides is 1. The van der Waals surface area contributed by atoms with Gasteiger partial charge in [-0.1, -0.05) is 6.07 Å². The summed E-state index contributed by atoms with van der Waals surface area (Å²) >= 11 is 0. The number of alkyl halides is 3. The van der Waals surface area contributed by atoms with Gasteiger partial charge in [-0.05, 0) is 55.3 Å². The van der Waals surface area contributed by atoms with Crippen LogP contribution in [-0.2, 0) is 15.7 Å². The van der Waals surface area contributed by atoms with Gasteiger partial charge >= 0.3 is 6.18 Å². The van der Waals surface area contributed by atoms with Gasteiger partial charge in [-0.3, -0.25) is 4.79 Å². The third-order valence-corrected chi connectivity index (χ3v) is 5.88. The Kier molecular flexibility index (Phi) is 6.15. The van der Waals surface area contributed by atoms with Gasteiger partial charge < -0.3 is 19.5 Å². The molecule has 8 heteroatoms. The molecule has 0 aliphatic carbocycles. The summed E-state index contributed by atoms with van der Waals surface area (Å²) in [4.78, 5) is 14.4. The van der Waals surface area contributed by atoms with E-state index in [1.54, 1.807) is 7.11 Å². The van der Waals surface area contributed by atoms with Crippen molar-refractivity contribution in [3.8, 4) is 5.69 Å². The summed E-state index contributed by atoms with van der Waals surface area (Å²) in [6.07, 6.45) is -1.72. The summed E-state index contributed by atoms with van der Waals surface area (Å²) in [5, 5.41) is 3.52. The highest BCUT2D eigenvalue weighted by Crippen LogP contribution is 2.34. The number of nitrogens with zero attached hydrogens (tertiary/aromatic N) is 2. The standard InChI is InChI=1S/C24H26F3N3O2/c1-16-13-30(22-8-7-18(11-21(16)22)24(25,26)27)20-6-3-5-19(12-20)29-14-17(15-29)23(31)28-9-4-10-32-2/h3,5-8,11-13,17H,4,9-10,14-15H2,1-2H3,(H,28,31). The maximum atomic E-state index is 13.1. The fraction of sp³-hybridized carbons (Fsp3) is 0.375. The zero-order valence-electron chi connectivity index (χ0n) is 18.1. The molecule has 3 aromatic rings. The fourth-order valence-corrected chi connectivity index (χ4v) is 4.05. The van der Waals surface area contributed by atoms with Gasteiger partial charge in [-0.25, -0.2) is 0 Å². The van der Waals surface area contributed by atoms with Crippen LogP contribution in [0.3, 0.4) is 0 Å². The Hall–Kier alpha value is -3.00. The Morgan fingerprint density at radius 2 is 1.91 bits per heavy atom. The van der Waals surface area contributed by atoms with E-state index in [9.17, 15) is 18.0 Å². The molecule has 0 atom stereocenters. The van der Waals surface area contributed by atoms with Crippen LogP contribution in [0, 0.1) is 12.8 Å². The summed E-state index contributed by atoms with van der Waals surface area (Å²) in [6.45, 7) is 4.32. The van der Waals surface area contributed by atoms with Gasteiger partial charge in [0.1, 0.15) is 0 Å². The number of carbonyl (C=O) groups is 1. The lowest BCUT2D eigenvalue weighted by atomic mass is 9.98. The number of fused-ring (bicyclic) bond motifs is 1. The second kappa shape index (κ2) is 8.86. The molecule has 0 radical (unpaired) electrons. The summed E-state index contributed by atoms with van der Waals surface area (Å²) in [6, 6.07) is 11.7. The van der Waals surface area contributed by atoms with Crippen LogP contribution in [0.1, 0.15) is 17.5 Å². The van der Waals surface area contributed by atoms with Crippen molar-refractivity contribution in [2.75, 3.05) is 38.3 Å². The quantitative estimate of drug-likeness (QED) is 0.543. The van der Waals surface area contributed by atoms with E-state index in [2.05, 4.69) is 10.2 Å². The lowest BCUT2D eigenvalue weighted by molar-refractivity contribution is -0.137. The first-order chi connectivity index (χ1) is 15.3.